The molecule has 190 valence electrons. The number of imide groups is 1. The van der Waals surface area contributed by atoms with E-state index in [-0.39, 0.29) is 30.2 Å². The van der Waals surface area contributed by atoms with Crippen molar-refractivity contribution in [1.29, 1.82) is 0 Å². The van der Waals surface area contributed by atoms with Crippen molar-refractivity contribution in [3.63, 3.8) is 0 Å². The number of carbonyl (C=O) groups excluding carboxylic acids is 3. The molecule has 0 atom stereocenters. The number of fused-ring (bicyclic) bond motifs is 1. The summed E-state index contributed by atoms with van der Waals surface area (Å²) in [5.41, 5.74) is 3.21. The lowest BCUT2D eigenvalue weighted by Crippen LogP contribution is -2.27. The lowest BCUT2D eigenvalue weighted by Gasteiger charge is -2.14. The van der Waals surface area contributed by atoms with E-state index in [1.807, 2.05) is 73.7 Å². The molecule has 38 heavy (non-hydrogen) atoms. The number of hydrogen-bond donors (Lipinski definition) is 1. The molecule has 1 aliphatic rings. The van der Waals surface area contributed by atoms with Crippen molar-refractivity contribution in [2.24, 2.45) is 0 Å². The molecule has 1 N–H and O–H groups in total. The van der Waals surface area contributed by atoms with E-state index in [0.29, 0.717) is 21.9 Å². The number of carbonyl (C=O) groups is 3. The largest absolute Gasteiger partial charge is 0.483 e. The molecule has 1 aliphatic heterocycles. The van der Waals surface area contributed by atoms with Gasteiger partial charge in [0.2, 0.25) is 0 Å². The number of benzene rings is 4. The van der Waals surface area contributed by atoms with E-state index < -0.39 is 0 Å². The number of hydrogen-bond acceptors (Lipinski definition) is 5. The Hall–Kier alpha value is -3.88. The fourth-order valence-corrected chi connectivity index (χ4v) is 5.41. The van der Waals surface area contributed by atoms with Gasteiger partial charge in [0.15, 0.2) is 6.61 Å². The molecule has 8 heteroatoms. The maximum absolute atomic E-state index is 13.3. The zero-order valence-electron chi connectivity index (χ0n) is 20.4. The number of halogens is 1. The van der Waals surface area contributed by atoms with Crippen LogP contribution in [0.15, 0.2) is 94.3 Å². The summed E-state index contributed by atoms with van der Waals surface area (Å²) >= 11 is 4.34. The van der Waals surface area contributed by atoms with Crippen LogP contribution in [0.4, 0.5) is 10.5 Å². The van der Waals surface area contributed by atoms with Crippen molar-refractivity contribution >= 4 is 67.3 Å². The Morgan fingerprint density at radius 1 is 1.00 bits per heavy atom. The van der Waals surface area contributed by atoms with Crippen LogP contribution in [-0.2, 0) is 16.1 Å². The summed E-state index contributed by atoms with van der Waals surface area (Å²) in [5.74, 6) is -0.246. The van der Waals surface area contributed by atoms with Crippen LogP contribution in [0.1, 0.15) is 16.7 Å². The molecular formula is C30H23BrN2O4S. The molecule has 0 bridgehead atoms. The number of ether oxygens (including phenoxy) is 1. The third-order valence-corrected chi connectivity index (χ3v) is 7.40. The Balaban J connectivity index is 1.33. The molecule has 4 aromatic rings. The van der Waals surface area contributed by atoms with Gasteiger partial charge in [0.25, 0.3) is 17.1 Å². The second-order valence-corrected chi connectivity index (χ2v) is 10.7. The Kier molecular flexibility index (Phi) is 7.62. The van der Waals surface area contributed by atoms with Crippen molar-refractivity contribution in [1.82, 2.24) is 4.90 Å². The monoisotopic (exact) mass is 586 g/mol. The zero-order valence-corrected chi connectivity index (χ0v) is 22.8. The molecule has 1 fully saturated rings. The summed E-state index contributed by atoms with van der Waals surface area (Å²) in [6.45, 7) is 1.92. The second kappa shape index (κ2) is 11.2. The van der Waals surface area contributed by atoms with Crippen LogP contribution < -0.4 is 10.1 Å². The van der Waals surface area contributed by atoms with Crippen LogP contribution in [0.2, 0.25) is 0 Å². The predicted octanol–water partition coefficient (Wildman–Crippen LogP) is 7.16. The first-order valence-corrected chi connectivity index (χ1v) is 13.5. The van der Waals surface area contributed by atoms with Gasteiger partial charge >= 0.3 is 0 Å². The molecule has 0 aromatic heterocycles. The molecular weight excluding hydrogens is 564 g/mol. The molecule has 1 heterocycles. The highest BCUT2D eigenvalue weighted by Gasteiger charge is 2.35. The highest BCUT2D eigenvalue weighted by Crippen LogP contribution is 2.36. The van der Waals surface area contributed by atoms with E-state index in [9.17, 15) is 14.4 Å². The highest BCUT2D eigenvalue weighted by atomic mass is 79.9. The first-order valence-electron chi connectivity index (χ1n) is 11.9. The first-order chi connectivity index (χ1) is 18.4. The fraction of sp³-hybridized carbons (Fsp3) is 0.100. The van der Waals surface area contributed by atoms with Crippen LogP contribution in [-0.4, -0.2) is 28.6 Å². The van der Waals surface area contributed by atoms with Crippen LogP contribution >= 0.6 is 27.7 Å². The molecule has 3 amide bonds. The van der Waals surface area contributed by atoms with Gasteiger partial charge in [-0.05, 0) is 77.0 Å². The van der Waals surface area contributed by atoms with Crippen LogP contribution in [0.5, 0.6) is 5.75 Å². The molecule has 1 saturated heterocycles. The van der Waals surface area contributed by atoms with Gasteiger partial charge in [-0.25, -0.2) is 0 Å². The predicted molar refractivity (Wildman–Crippen MR) is 155 cm³/mol. The lowest BCUT2D eigenvalue weighted by molar-refractivity contribution is -0.123. The van der Waals surface area contributed by atoms with Gasteiger partial charge in [-0.1, -0.05) is 70.5 Å². The van der Waals surface area contributed by atoms with Crippen molar-refractivity contribution in [3.05, 3.63) is 111 Å². The van der Waals surface area contributed by atoms with Gasteiger partial charge in [0.05, 0.1) is 11.4 Å². The molecule has 0 unspecified atom stereocenters. The van der Waals surface area contributed by atoms with Crippen molar-refractivity contribution in [2.45, 2.75) is 13.5 Å². The van der Waals surface area contributed by atoms with Gasteiger partial charge in [0, 0.05) is 15.7 Å². The standard InChI is InChI=1S/C30H23BrN2O4S/c1-19-6-4-10-24(14-19)32-28(34)18-37-26-13-12-23(31)15-22(26)16-27-29(35)33(30(36)38-27)17-21-9-5-8-20-7-2-3-11-25(20)21/h2-16H,17-18H2,1H3,(H,32,34)/b27-16-. The highest BCUT2D eigenvalue weighted by molar-refractivity contribution is 9.10. The quantitative estimate of drug-likeness (QED) is 0.232. The third kappa shape index (κ3) is 5.82. The summed E-state index contributed by atoms with van der Waals surface area (Å²) in [6.07, 6.45) is 1.63. The smallest absolute Gasteiger partial charge is 0.293 e. The molecule has 0 radical (unpaired) electrons. The number of nitrogens with one attached hydrogen (secondary N) is 1. The van der Waals surface area contributed by atoms with E-state index in [0.717, 1.165) is 38.1 Å². The molecule has 4 aromatic carbocycles. The Morgan fingerprint density at radius 3 is 2.63 bits per heavy atom. The average molecular weight is 587 g/mol. The van der Waals surface area contributed by atoms with E-state index in [1.165, 1.54) is 4.90 Å². The van der Waals surface area contributed by atoms with Crippen LogP contribution in [0.25, 0.3) is 16.8 Å². The van der Waals surface area contributed by atoms with Gasteiger partial charge < -0.3 is 10.1 Å². The van der Waals surface area contributed by atoms with Crippen LogP contribution in [0.3, 0.4) is 0 Å². The van der Waals surface area contributed by atoms with Crippen molar-refractivity contribution < 1.29 is 19.1 Å². The minimum absolute atomic E-state index is 0.185. The summed E-state index contributed by atoms with van der Waals surface area (Å²) < 4.78 is 6.58. The number of amides is 3. The maximum Gasteiger partial charge on any atom is 0.293 e. The van der Waals surface area contributed by atoms with Crippen molar-refractivity contribution in [3.8, 4) is 5.75 Å². The van der Waals surface area contributed by atoms with Gasteiger partial charge in [-0.2, -0.15) is 0 Å². The normalized spacial score (nSPS) is 14.4. The van der Waals surface area contributed by atoms with Gasteiger partial charge in [-0.15, -0.1) is 0 Å². The van der Waals surface area contributed by atoms with E-state index in [4.69, 9.17) is 4.74 Å². The fourth-order valence-electron chi connectivity index (χ4n) is 4.20. The summed E-state index contributed by atoms with van der Waals surface area (Å²) in [4.78, 5) is 40.1. The SMILES string of the molecule is Cc1cccc(NC(=O)COc2ccc(Br)cc2/C=C2\SC(=O)N(Cc3cccc4ccccc34)C2=O)c1. The van der Waals surface area contributed by atoms with Crippen molar-refractivity contribution in [2.75, 3.05) is 11.9 Å². The minimum Gasteiger partial charge on any atom is -0.483 e. The number of anilines is 1. The maximum atomic E-state index is 13.3. The first kappa shape index (κ1) is 25.8. The molecule has 6 nitrogen and oxygen atoms in total. The topological polar surface area (TPSA) is 75.7 Å². The Labute approximate surface area is 232 Å². The molecule has 0 spiro atoms. The summed E-state index contributed by atoms with van der Waals surface area (Å²) in [6, 6.07) is 26.5. The second-order valence-electron chi connectivity index (χ2n) is 8.79. The number of rotatable bonds is 7. The summed E-state index contributed by atoms with van der Waals surface area (Å²) in [7, 11) is 0. The Bertz CT molecular complexity index is 1600. The third-order valence-electron chi connectivity index (χ3n) is 6.00. The Morgan fingerprint density at radius 2 is 1.79 bits per heavy atom. The van der Waals surface area contributed by atoms with E-state index >= 15 is 0 Å². The molecule has 5 rings (SSSR count). The van der Waals surface area contributed by atoms with E-state index in [2.05, 4.69) is 21.2 Å². The minimum atomic E-state index is -0.365. The zero-order chi connectivity index (χ0) is 26.6. The van der Waals surface area contributed by atoms with Gasteiger partial charge in [-0.3, -0.25) is 19.3 Å². The van der Waals surface area contributed by atoms with E-state index in [1.54, 1.807) is 24.3 Å². The summed E-state index contributed by atoms with van der Waals surface area (Å²) in [5, 5.41) is 4.54. The number of aryl methyl sites for hydroxylation is 1. The number of thioether (sulfide) groups is 1. The molecule has 0 saturated carbocycles. The van der Waals surface area contributed by atoms with Gasteiger partial charge in [0.1, 0.15) is 5.75 Å². The number of nitrogens with zero attached hydrogens (tertiary/aromatic N) is 1. The average Bonchev–Trinajstić information content (AvgIpc) is 3.15. The molecule has 0 aliphatic carbocycles. The van der Waals surface area contributed by atoms with Crippen LogP contribution in [0, 0.1) is 6.92 Å². The lowest BCUT2D eigenvalue weighted by atomic mass is 10.0.